The molecule has 3 heterocycles. The van der Waals surface area contributed by atoms with Crippen LogP contribution in [-0.2, 0) is 4.79 Å². The molecule has 0 atom stereocenters. The van der Waals surface area contributed by atoms with Gasteiger partial charge in [0.05, 0.1) is 10.4 Å². The van der Waals surface area contributed by atoms with Gasteiger partial charge >= 0.3 is 0 Å². The van der Waals surface area contributed by atoms with Crippen molar-refractivity contribution in [3.63, 3.8) is 0 Å². The van der Waals surface area contributed by atoms with E-state index in [4.69, 9.17) is 4.74 Å². The summed E-state index contributed by atoms with van der Waals surface area (Å²) in [5, 5.41) is 1.94. The summed E-state index contributed by atoms with van der Waals surface area (Å²) in [6.45, 7) is 1.75. The van der Waals surface area contributed by atoms with E-state index in [0.29, 0.717) is 10.6 Å². The van der Waals surface area contributed by atoms with Gasteiger partial charge < -0.3 is 4.74 Å². The fourth-order valence-corrected chi connectivity index (χ4v) is 4.13. The Balaban J connectivity index is 1.34. The van der Waals surface area contributed by atoms with Crippen LogP contribution in [0.4, 0.5) is 0 Å². The van der Waals surface area contributed by atoms with Crippen LogP contribution < -0.4 is 15.6 Å². The second-order valence-electron chi connectivity index (χ2n) is 5.58. The molecule has 2 N–H and O–H groups in total. The molecular formula is C17H14N4O3S2. The number of hydrogen-bond acceptors (Lipinski definition) is 6. The van der Waals surface area contributed by atoms with Crippen LogP contribution in [0.2, 0.25) is 0 Å². The topological polar surface area (TPSA) is 84.7 Å². The van der Waals surface area contributed by atoms with Gasteiger partial charge in [0, 0.05) is 11.6 Å². The quantitative estimate of drug-likeness (QED) is 0.528. The third kappa shape index (κ3) is 3.26. The molecule has 4 rings (SSSR count). The van der Waals surface area contributed by atoms with E-state index in [1.165, 1.54) is 22.7 Å². The van der Waals surface area contributed by atoms with Gasteiger partial charge in [-0.15, -0.1) is 22.7 Å². The standard InChI is InChI=1S/C17H14N4O3S2/c1-10-3-2-4-11(7-10)24-9-14(22)19-20-15(23)13-8-12-16(26-13)18-17-21(12)5-6-25-17/h2-8H,9H2,1H3,(H,19,22)(H,20,23). The molecule has 0 unspecified atom stereocenters. The minimum atomic E-state index is -0.442. The summed E-state index contributed by atoms with van der Waals surface area (Å²) in [6.07, 6.45) is 1.91. The Bertz CT molecular complexity index is 1110. The molecule has 4 aromatic rings. The number of aromatic nitrogens is 2. The normalized spacial score (nSPS) is 11.0. The average Bonchev–Trinajstić information content (AvgIpc) is 3.30. The molecule has 0 saturated carbocycles. The molecule has 0 radical (unpaired) electrons. The minimum absolute atomic E-state index is 0.186. The van der Waals surface area contributed by atoms with E-state index in [1.807, 2.05) is 41.1 Å². The number of thiazole rings is 1. The van der Waals surface area contributed by atoms with Gasteiger partial charge in [-0.25, -0.2) is 4.98 Å². The van der Waals surface area contributed by atoms with Crippen molar-refractivity contribution < 1.29 is 14.3 Å². The summed E-state index contributed by atoms with van der Waals surface area (Å²) in [5.74, 6) is -0.226. The monoisotopic (exact) mass is 386 g/mol. The molecule has 26 heavy (non-hydrogen) atoms. The van der Waals surface area contributed by atoms with Gasteiger partial charge in [0.1, 0.15) is 10.6 Å². The highest BCUT2D eigenvalue weighted by molar-refractivity contribution is 7.21. The van der Waals surface area contributed by atoms with Crippen molar-refractivity contribution in [3.05, 3.63) is 52.3 Å². The van der Waals surface area contributed by atoms with Crippen LogP contribution >= 0.6 is 22.7 Å². The number of ether oxygens (including phenoxy) is 1. The van der Waals surface area contributed by atoms with Crippen molar-refractivity contribution in [2.75, 3.05) is 6.61 Å². The van der Waals surface area contributed by atoms with E-state index in [2.05, 4.69) is 15.8 Å². The molecule has 0 aliphatic carbocycles. The zero-order valence-corrected chi connectivity index (χ0v) is 15.3. The number of nitrogens with one attached hydrogen (secondary N) is 2. The van der Waals surface area contributed by atoms with Crippen molar-refractivity contribution >= 4 is 49.8 Å². The number of imidazole rings is 1. The molecule has 7 nitrogen and oxygen atoms in total. The van der Waals surface area contributed by atoms with Crippen LogP contribution in [0.5, 0.6) is 5.75 Å². The lowest BCUT2D eigenvalue weighted by molar-refractivity contribution is -0.123. The number of rotatable bonds is 4. The third-order valence-corrected chi connectivity index (χ3v) is 5.41. The first-order chi connectivity index (χ1) is 12.6. The number of hydrazine groups is 1. The van der Waals surface area contributed by atoms with Crippen molar-refractivity contribution in [1.29, 1.82) is 0 Å². The zero-order chi connectivity index (χ0) is 18.1. The number of thiophene rings is 1. The highest BCUT2D eigenvalue weighted by Gasteiger charge is 2.15. The molecule has 0 aliphatic heterocycles. The summed E-state index contributed by atoms with van der Waals surface area (Å²) in [7, 11) is 0. The van der Waals surface area contributed by atoms with E-state index in [9.17, 15) is 9.59 Å². The Morgan fingerprint density at radius 2 is 2.15 bits per heavy atom. The van der Waals surface area contributed by atoms with Gasteiger partial charge in [0.15, 0.2) is 11.6 Å². The lowest BCUT2D eigenvalue weighted by Crippen LogP contribution is -2.43. The van der Waals surface area contributed by atoms with Gasteiger partial charge in [-0.1, -0.05) is 12.1 Å². The van der Waals surface area contributed by atoms with E-state index in [0.717, 1.165) is 20.9 Å². The summed E-state index contributed by atoms with van der Waals surface area (Å²) in [6, 6.07) is 9.15. The Morgan fingerprint density at radius 3 is 3.00 bits per heavy atom. The Morgan fingerprint density at radius 1 is 1.27 bits per heavy atom. The van der Waals surface area contributed by atoms with Gasteiger partial charge in [-0.2, -0.15) is 0 Å². The maximum absolute atomic E-state index is 12.2. The first-order valence-electron chi connectivity index (χ1n) is 7.74. The number of carbonyl (C=O) groups is 2. The van der Waals surface area contributed by atoms with E-state index in [1.54, 1.807) is 12.1 Å². The predicted molar refractivity (Wildman–Crippen MR) is 101 cm³/mol. The van der Waals surface area contributed by atoms with Crippen molar-refractivity contribution in [2.45, 2.75) is 6.92 Å². The molecular weight excluding hydrogens is 372 g/mol. The third-order valence-electron chi connectivity index (χ3n) is 3.64. The highest BCUT2D eigenvalue weighted by Crippen LogP contribution is 2.28. The smallest absolute Gasteiger partial charge is 0.279 e. The van der Waals surface area contributed by atoms with Crippen LogP contribution in [0, 0.1) is 6.92 Å². The minimum Gasteiger partial charge on any atom is -0.484 e. The number of hydrogen-bond donors (Lipinski definition) is 2. The fraction of sp³-hybridized carbons (Fsp3) is 0.118. The Hall–Kier alpha value is -2.91. The average molecular weight is 386 g/mol. The SMILES string of the molecule is Cc1cccc(OCC(=O)NNC(=O)c2cc3c(nc4sccn43)s2)c1. The van der Waals surface area contributed by atoms with Crippen LogP contribution in [-0.4, -0.2) is 27.8 Å². The summed E-state index contributed by atoms with van der Waals surface area (Å²) < 4.78 is 7.32. The number of aryl methyl sites for hydroxylation is 1. The van der Waals surface area contributed by atoms with Crippen molar-refractivity contribution in [1.82, 2.24) is 20.2 Å². The number of benzene rings is 1. The van der Waals surface area contributed by atoms with Crippen LogP contribution in [0.15, 0.2) is 41.9 Å². The van der Waals surface area contributed by atoms with Crippen LogP contribution in [0.3, 0.4) is 0 Å². The second kappa shape index (κ2) is 6.77. The maximum atomic E-state index is 12.2. The largest absolute Gasteiger partial charge is 0.484 e. The lowest BCUT2D eigenvalue weighted by Gasteiger charge is -2.08. The van der Waals surface area contributed by atoms with Gasteiger partial charge in [0.25, 0.3) is 11.8 Å². The van der Waals surface area contributed by atoms with Crippen molar-refractivity contribution in [2.24, 2.45) is 0 Å². The Labute approximate surface area is 156 Å². The van der Waals surface area contributed by atoms with E-state index < -0.39 is 5.91 Å². The molecule has 1 aromatic carbocycles. The van der Waals surface area contributed by atoms with E-state index >= 15 is 0 Å². The lowest BCUT2D eigenvalue weighted by atomic mass is 10.2. The van der Waals surface area contributed by atoms with Gasteiger partial charge in [-0.3, -0.25) is 24.8 Å². The molecule has 0 fully saturated rings. The van der Waals surface area contributed by atoms with Crippen LogP contribution in [0.25, 0.3) is 15.3 Å². The molecule has 132 valence electrons. The predicted octanol–water partition coefficient (Wildman–Crippen LogP) is 2.76. The number of amides is 2. The number of carbonyl (C=O) groups excluding carboxylic acids is 2. The summed E-state index contributed by atoms with van der Waals surface area (Å²) >= 11 is 2.82. The molecule has 0 saturated heterocycles. The zero-order valence-electron chi connectivity index (χ0n) is 13.7. The van der Waals surface area contributed by atoms with Gasteiger partial charge in [-0.05, 0) is 30.7 Å². The number of fused-ring (bicyclic) bond motifs is 3. The Kier molecular flexibility index (Phi) is 4.31. The molecule has 9 heteroatoms. The van der Waals surface area contributed by atoms with Crippen LogP contribution in [0.1, 0.15) is 15.2 Å². The van der Waals surface area contributed by atoms with Crippen molar-refractivity contribution in [3.8, 4) is 5.75 Å². The highest BCUT2D eigenvalue weighted by atomic mass is 32.1. The molecule has 0 aliphatic rings. The van der Waals surface area contributed by atoms with Gasteiger partial charge in [0.2, 0.25) is 0 Å². The summed E-state index contributed by atoms with van der Waals surface area (Å²) in [4.78, 5) is 30.7. The first-order valence-corrected chi connectivity index (χ1v) is 9.43. The molecule has 0 bridgehead atoms. The second-order valence-corrected chi connectivity index (χ2v) is 7.48. The first kappa shape index (κ1) is 16.6. The molecule has 2 amide bonds. The van der Waals surface area contributed by atoms with E-state index in [-0.39, 0.29) is 12.5 Å². The molecule has 0 spiro atoms. The maximum Gasteiger partial charge on any atom is 0.279 e. The molecule has 3 aromatic heterocycles. The number of nitrogens with zero attached hydrogens (tertiary/aromatic N) is 2. The summed E-state index contributed by atoms with van der Waals surface area (Å²) in [5.41, 5.74) is 6.67. The fourth-order valence-electron chi connectivity index (χ4n) is 2.44.